The highest BCUT2D eigenvalue weighted by Crippen LogP contribution is 2.28. The number of rotatable bonds is 3. The van der Waals surface area contributed by atoms with Crippen LogP contribution < -0.4 is 0 Å². The minimum atomic E-state index is -0.387. The van der Waals surface area contributed by atoms with Crippen molar-refractivity contribution in [1.29, 1.82) is 5.26 Å². The lowest BCUT2D eigenvalue weighted by Crippen LogP contribution is -2.11. The molecule has 3 rings (SSSR count). The Morgan fingerprint density at radius 3 is 2.25 bits per heavy atom. The van der Waals surface area contributed by atoms with Gasteiger partial charge < -0.3 is 4.57 Å². The van der Waals surface area contributed by atoms with E-state index in [1.807, 2.05) is 19.9 Å². The molecule has 3 aromatic rings. The molecule has 0 saturated carbocycles. The first-order valence-electron chi connectivity index (χ1n) is 9.39. The highest BCUT2D eigenvalue weighted by Gasteiger charge is 2.15. The lowest BCUT2D eigenvalue weighted by Gasteiger charge is -2.20. The van der Waals surface area contributed by atoms with Gasteiger partial charge in [0.1, 0.15) is 5.82 Å². The third-order valence-corrected chi connectivity index (χ3v) is 5.05. The van der Waals surface area contributed by atoms with Gasteiger partial charge in [-0.25, -0.2) is 4.39 Å². The zero-order valence-electron chi connectivity index (χ0n) is 17.0. The van der Waals surface area contributed by atoms with E-state index in [9.17, 15) is 9.65 Å². The molecule has 0 radical (unpaired) electrons. The second kappa shape index (κ2) is 7.48. The highest BCUT2D eigenvalue weighted by molar-refractivity contribution is 5.90. The number of nitriles is 1. The number of aryl methyl sites for hydroxylation is 1. The number of nitrogens with zero attached hydrogens (tertiary/aromatic N) is 2. The summed E-state index contributed by atoms with van der Waals surface area (Å²) >= 11 is 0. The molecule has 2 nitrogen and oxygen atoms in total. The van der Waals surface area contributed by atoms with Crippen molar-refractivity contribution in [1.82, 2.24) is 4.57 Å². The fourth-order valence-corrected chi connectivity index (χ4v) is 3.45. The molecule has 0 atom stereocenters. The maximum absolute atomic E-state index is 14.1. The van der Waals surface area contributed by atoms with Gasteiger partial charge in [-0.3, -0.25) is 0 Å². The molecule has 2 aromatic carbocycles. The lowest BCUT2D eigenvalue weighted by molar-refractivity contribution is 0.590. The largest absolute Gasteiger partial charge is 0.318 e. The van der Waals surface area contributed by atoms with Crippen LogP contribution in [0, 0.1) is 31.0 Å². The number of allylic oxidation sites excluding steroid dienone is 1. The normalized spacial score (nSPS) is 12.1. The van der Waals surface area contributed by atoms with Crippen LogP contribution in [0.3, 0.4) is 0 Å². The maximum atomic E-state index is 14.1. The summed E-state index contributed by atoms with van der Waals surface area (Å²) in [5, 5.41) is 9.56. The zero-order valence-corrected chi connectivity index (χ0v) is 17.0. The Balaban J connectivity index is 2.05. The van der Waals surface area contributed by atoms with E-state index in [0.29, 0.717) is 11.1 Å². The van der Waals surface area contributed by atoms with Gasteiger partial charge in [0.15, 0.2) is 0 Å². The molecule has 0 unspecified atom stereocenters. The molecule has 0 aliphatic carbocycles. The molecule has 1 heterocycles. The summed E-state index contributed by atoms with van der Waals surface area (Å²) in [5.41, 5.74) is 6.11. The molecule has 0 spiro atoms. The van der Waals surface area contributed by atoms with Crippen LogP contribution in [0.25, 0.3) is 17.3 Å². The number of aromatic nitrogens is 1. The monoisotopic (exact) mass is 372 g/mol. The van der Waals surface area contributed by atoms with Crippen LogP contribution in [0.5, 0.6) is 0 Å². The van der Waals surface area contributed by atoms with E-state index in [0.717, 1.165) is 22.6 Å². The predicted octanol–water partition coefficient (Wildman–Crippen LogP) is 6.59. The molecule has 0 N–H and O–H groups in total. The zero-order chi connectivity index (χ0) is 20.5. The second-order valence-corrected chi connectivity index (χ2v) is 8.11. The van der Waals surface area contributed by atoms with Gasteiger partial charge >= 0.3 is 0 Å². The van der Waals surface area contributed by atoms with Crippen molar-refractivity contribution in [2.24, 2.45) is 0 Å². The second-order valence-electron chi connectivity index (χ2n) is 8.11. The van der Waals surface area contributed by atoms with E-state index >= 15 is 0 Å². The van der Waals surface area contributed by atoms with Crippen LogP contribution in [0.2, 0.25) is 0 Å². The quantitative estimate of drug-likeness (QED) is 0.476. The van der Waals surface area contributed by atoms with E-state index in [2.05, 4.69) is 55.7 Å². The minimum Gasteiger partial charge on any atom is -0.318 e. The first kappa shape index (κ1) is 19.6. The molecule has 0 bridgehead atoms. The van der Waals surface area contributed by atoms with E-state index in [-0.39, 0.29) is 11.2 Å². The van der Waals surface area contributed by atoms with Crippen molar-refractivity contribution in [3.8, 4) is 11.8 Å². The molecule has 28 heavy (non-hydrogen) atoms. The Kier molecular flexibility index (Phi) is 5.25. The molecule has 0 fully saturated rings. The van der Waals surface area contributed by atoms with E-state index in [1.54, 1.807) is 24.3 Å². The van der Waals surface area contributed by atoms with E-state index < -0.39 is 0 Å². The Morgan fingerprint density at radius 1 is 1.04 bits per heavy atom. The fourth-order valence-electron chi connectivity index (χ4n) is 3.45. The fraction of sp³-hybridized carbons (Fsp3) is 0.240. The maximum Gasteiger partial charge on any atom is 0.131 e. The smallest absolute Gasteiger partial charge is 0.131 e. The molecule has 142 valence electrons. The summed E-state index contributed by atoms with van der Waals surface area (Å²) < 4.78 is 16.3. The van der Waals surface area contributed by atoms with Crippen LogP contribution >= 0.6 is 0 Å². The molecule has 0 saturated heterocycles. The number of hydrogen-bond donors (Lipinski definition) is 0. The van der Waals surface area contributed by atoms with E-state index in [4.69, 9.17) is 0 Å². The van der Waals surface area contributed by atoms with Crippen LogP contribution in [-0.2, 0) is 5.41 Å². The van der Waals surface area contributed by atoms with Gasteiger partial charge in [-0.1, -0.05) is 51.1 Å². The van der Waals surface area contributed by atoms with Crippen LogP contribution in [0.15, 0.2) is 54.6 Å². The molecule has 1 aromatic heterocycles. The summed E-state index contributed by atoms with van der Waals surface area (Å²) in [6, 6.07) is 19.1. The number of benzene rings is 2. The van der Waals surface area contributed by atoms with Gasteiger partial charge in [-0.05, 0) is 60.7 Å². The Hall–Kier alpha value is -3.12. The van der Waals surface area contributed by atoms with Crippen molar-refractivity contribution < 1.29 is 4.39 Å². The topological polar surface area (TPSA) is 28.7 Å². The predicted molar refractivity (Wildman–Crippen MR) is 114 cm³/mol. The van der Waals surface area contributed by atoms with Gasteiger partial charge in [0.2, 0.25) is 0 Å². The Morgan fingerprint density at radius 2 is 1.68 bits per heavy atom. The number of halogens is 1. The van der Waals surface area contributed by atoms with Crippen molar-refractivity contribution in [3.05, 3.63) is 88.5 Å². The SMILES string of the molecule is Cc1cc(/C=C(/C#N)c2ccccc2F)c(C)n1-c1ccc(C(C)(C)C)cc1. The lowest BCUT2D eigenvalue weighted by atomic mass is 9.87. The third kappa shape index (κ3) is 3.77. The number of hydrogen-bond acceptors (Lipinski definition) is 1. The first-order valence-corrected chi connectivity index (χ1v) is 9.39. The highest BCUT2D eigenvalue weighted by atomic mass is 19.1. The molecule has 0 aliphatic rings. The van der Waals surface area contributed by atoms with E-state index in [1.165, 1.54) is 11.6 Å². The van der Waals surface area contributed by atoms with Crippen molar-refractivity contribution >= 4 is 11.6 Å². The Labute approximate surface area is 166 Å². The van der Waals surface area contributed by atoms with Crippen LogP contribution in [-0.4, -0.2) is 4.57 Å². The van der Waals surface area contributed by atoms with Crippen molar-refractivity contribution in [2.45, 2.75) is 40.0 Å². The molecular formula is C25H25FN2. The van der Waals surface area contributed by atoms with Gasteiger partial charge in [0.25, 0.3) is 0 Å². The van der Waals surface area contributed by atoms with Crippen LogP contribution in [0.4, 0.5) is 4.39 Å². The van der Waals surface area contributed by atoms with Crippen molar-refractivity contribution in [3.63, 3.8) is 0 Å². The molecule has 0 amide bonds. The summed E-state index contributed by atoms with van der Waals surface area (Å²) in [7, 11) is 0. The van der Waals surface area contributed by atoms with Gasteiger partial charge in [-0.15, -0.1) is 0 Å². The summed E-state index contributed by atoms with van der Waals surface area (Å²) in [5.74, 6) is -0.387. The van der Waals surface area contributed by atoms with Crippen LogP contribution in [0.1, 0.15) is 48.8 Å². The molecular weight excluding hydrogens is 347 g/mol. The average molecular weight is 372 g/mol. The Bertz CT molecular complexity index is 1070. The molecule has 0 aliphatic heterocycles. The van der Waals surface area contributed by atoms with Gasteiger partial charge in [-0.2, -0.15) is 5.26 Å². The summed E-state index contributed by atoms with van der Waals surface area (Å²) in [4.78, 5) is 0. The van der Waals surface area contributed by atoms with Gasteiger partial charge in [0, 0.05) is 22.6 Å². The van der Waals surface area contributed by atoms with Gasteiger partial charge in [0.05, 0.1) is 11.6 Å². The standard InChI is InChI=1S/C25H25FN2/c1-17-14-19(15-20(16-27)23-8-6-7-9-24(23)26)18(2)28(17)22-12-10-21(11-13-22)25(3,4)5/h6-15H,1-5H3/b20-15-. The summed E-state index contributed by atoms with van der Waals surface area (Å²) in [6.45, 7) is 10.7. The average Bonchev–Trinajstić information content (AvgIpc) is 2.93. The molecule has 3 heteroatoms. The third-order valence-electron chi connectivity index (χ3n) is 5.05. The summed E-state index contributed by atoms with van der Waals surface area (Å²) in [6.07, 6.45) is 1.76. The minimum absolute atomic E-state index is 0.106. The first-order chi connectivity index (χ1) is 13.2. The van der Waals surface area contributed by atoms with Crippen molar-refractivity contribution in [2.75, 3.05) is 0 Å².